The molecule has 0 aromatic heterocycles. The molecule has 1 aliphatic heterocycles. The zero-order valence-corrected chi connectivity index (χ0v) is 15.7. The van der Waals surface area contributed by atoms with Gasteiger partial charge in [0.05, 0.1) is 11.3 Å². The van der Waals surface area contributed by atoms with E-state index in [1.807, 2.05) is 31.2 Å². The standard InChI is InChI=1S/C23H18N2O4/c1-15-7-12-19-20(13-15)25-23(29-21(19)14-26)24-17-8-10-18(11-9-17)28-22(27)16-5-3-2-4-6-16/h2-14,21H,1H3,(H,24,25). The van der Waals surface area contributed by atoms with Crippen LogP contribution in [0, 0.1) is 6.92 Å². The summed E-state index contributed by atoms with van der Waals surface area (Å²) in [6.45, 7) is 1.96. The van der Waals surface area contributed by atoms with Gasteiger partial charge in [-0.3, -0.25) is 4.79 Å². The molecule has 1 unspecified atom stereocenters. The van der Waals surface area contributed by atoms with Crippen LogP contribution in [-0.2, 0) is 9.53 Å². The van der Waals surface area contributed by atoms with Gasteiger partial charge in [0.25, 0.3) is 6.02 Å². The number of nitrogens with zero attached hydrogens (tertiary/aromatic N) is 1. The maximum absolute atomic E-state index is 12.1. The molecule has 1 aliphatic rings. The molecule has 3 aromatic rings. The molecule has 1 heterocycles. The monoisotopic (exact) mass is 386 g/mol. The molecule has 0 spiro atoms. The highest BCUT2D eigenvalue weighted by atomic mass is 16.5. The van der Waals surface area contributed by atoms with Crippen LogP contribution in [0.25, 0.3) is 0 Å². The molecule has 0 saturated heterocycles. The minimum Gasteiger partial charge on any atom is -0.449 e. The minimum atomic E-state index is -0.711. The van der Waals surface area contributed by atoms with Crippen molar-refractivity contribution in [3.05, 3.63) is 89.5 Å². The van der Waals surface area contributed by atoms with Crippen molar-refractivity contribution < 1.29 is 19.1 Å². The number of rotatable bonds is 4. The first kappa shape index (κ1) is 18.4. The molecule has 0 aliphatic carbocycles. The van der Waals surface area contributed by atoms with E-state index in [2.05, 4.69) is 10.3 Å². The van der Waals surface area contributed by atoms with Crippen molar-refractivity contribution >= 4 is 29.7 Å². The number of hydrogen-bond acceptors (Lipinski definition) is 6. The molecule has 3 aromatic carbocycles. The highest BCUT2D eigenvalue weighted by Crippen LogP contribution is 2.32. The lowest BCUT2D eigenvalue weighted by molar-refractivity contribution is -0.114. The Labute approximate surface area is 167 Å². The number of aryl methyl sites for hydroxylation is 1. The lowest BCUT2D eigenvalue weighted by Crippen LogP contribution is -2.23. The van der Waals surface area contributed by atoms with Crippen molar-refractivity contribution in [2.24, 2.45) is 4.99 Å². The average molecular weight is 386 g/mol. The molecular formula is C23H18N2O4. The van der Waals surface area contributed by atoms with E-state index in [0.29, 0.717) is 22.7 Å². The summed E-state index contributed by atoms with van der Waals surface area (Å²) in [5, 5.41) is 3.05. The predicted octanol–water partition coefficient (Wildman–Crippen LogP) is 4.58. The summed E-state index contributed by atoms with van der Waals surface area (Å²) >= 11 is 0. The van der Waals surface area contributed by atoms with Crippen LogP contribution in [0.2, 0.25) is 0 Å². The Morgan fingerprint density at radius 2 is 1.83 bits per heavy atom. The van der Waals surface area contributed by atoms with E-state index in [9.17, 15) is 9.59 Å². The van der Waals surface area contributed by atoms with Crippen LogP contribution in [0.15, 0.2) is 77.8 Å². The fraction of sp³-hybridized carbons (Fsp3) is 0.0870. The number of ether oxygens (including phenoxy) is 2. The molecule has 1 atom stereocenters. The van der Waals surface area contributed by atoms with Crippen molar-refractivity contribution in [1.82, 2.24) is 0 Å². The van der Waals surface area contributed by atoms with Crippen molar-refractivity contribution in [3.8, 4) is 5.75 Å². The van der Waals surface area contributed by atoms with E-state index >= 15 is 0 Å². The third kappa shape index (κ3) is 4.16. The fourth-order valence-electron chi connectivity index (χ4n) is 2.94. The number of fused-ring (bicyclic) bond motifs is 1. The van der Waals surface area contributed by atoms with E-state index in [1.165, 1.54) is 0 Å². The van der Waals surface area contributed by atoms with Gasteiger partial charge >= 0.3 is 5.97 Å². The number of hydrogen-bond donors (Lipinski definition) is 1. The summed E-state index contributed by atoms with van der Waals surface area (Å²) in [7, 11) is 0. The number of anilines is 1. The first-order valence-corrected chi connectivity index (χ1v) is 9.08. The van der Waals surface area contributed by atoms with Gasteiger partial charge < -0.3 is 14.8 Å². The Balaban J connectivity index is 1.47. The molecule has 0 radical (unpaired) electrons. The normalized spacial score (nSPS) is 14.8. The zero-order valence-electron chi connectivity index (χ0n) is 15.7. The SMILES string of the molecule is Cc1ccc2c(c1)N=C(Nc1ccc(OC(=O)c3ccccc3)cc1)OC2C=O. The Morgan fingerprint density at radius 1 is 1.07 bits per heavy atom. The van der Waals surface area contributed by atoms with E-state index < -0.39 is 12.1 Å². The second kappa shape index (κ2) is 7.98. The van der Waals surface area contributed by atoms with E-state index in [1.54, 1.807) is 48.5 Å². The quantitative estimate of drug-likeness (QED) is 0.403. The Kier molecular flexibility index (Phi) is 5.07. The Bertz CT molecular complexity index is 1080. The summed E-state index contributed by atoms with van der Waals surface area (Å²) in [6.07, 6.45) is 0.0353. The Hall–Kier alpha value is -3.93. The van der Waals surface area contributed by atoms with Gasteiger partial charge in [-0.15, -0.1) is 0 Å². The van der Waals surface area contributed by atoms with Gasteiger partial charge in [-0.05, 0) is 55.0 Å². The Morgan fingerprint density at radius 3 is 2.55 bits per heavy atom. The number of esters is 1. The van der Waals surface area contributed by atoms with Gasteiger partial charge in [-0.2, -0.15) is 4.99 Å². The second-order valence-corrected chi connectivity index (χ2v) is 6.56. The first-order valence-electron chi connectivity index (χ1n) is 9.08. The number of amidine groups is 1. The van der Waals surface area contributed by atoms with Crippen LogP contribution >= 0.6 is 0 Å². The van der Waals surface area contributed by atoms with Crippen molar-refractivity contribution in [1.29, 1.82) is 0 Å². The molecule has 29 heavy (non-hydrogen) atoms. The van der Waals surface area contributed by atoms with Crippen LogP contribution in [-0.4, -0.2) is 18.3 Å². The molecule has 144 valence electrons. The highest BCUT2D eigenvalue weighted by molar-refractivity contribution is 5.94. The molecule has 0 bridgehead atoms. The number of carbonyl (C=O) groups excluding carboxylic acids is 2. The van der Waals surface area contributed by atoms with Gasteiger partial charge in [-0.1, -0.05) is 30.3 Å². The molecule has 4 rings (SSSR count). The van der Waals surface area contributed by atoms with Gasteiger partial charge in [0.15, 0.2) is 12.4 Å². The molecule has 0 saturated carbocycles. The average Bonchev–Trinajstić information content (AvgIpc) is 2.75. The summed E-state index contributed by atoms with van der Waals surface area (Å²) < 4.78 is 11.0. The molecule has 6 heteroatoms. The zero-order chi connectivity index (χ0) is 20.2. The molecular weight excluding hydrogens is 368 g/mol. The summed E-state index contributed by atoms with van der Waals surface area (Å²) in [5.41, 5.74) is 3.64. The van der Waals surface area contributed by atoms with Gasteiger partial charge in [-0.25, -0.2) is 4.79 Å². The molecule has 0 fully saturated rings. The van der Waals surface area contributed by atoms with Crippen LogP contribution in [0.5, 0.6) is 5.75 Å². The van der Waals surface area contributed by atoms with Gasteiger partial charge in [0.2, 0.25) is 0 Å². The third-order valence-corrected chi connectivity index (χ3v) is 4.40. The lowest BCUT2D eigenvalue weighted by atomic mass is 10.0. The maximum Gasteiger partial charge on any atom is 0.343 e. The van der Waals surface area contributed by atoms with Gasteiger partial charge in [0.1, 0.15) is 5.75 Å². The maximum atomic E-state index is 12.1. The molecule has 6 nitrogen and oxygen atoms in total. The van der Waals surface area contributed by atoms with Crippen molar-refractivity contribution in [2.75, 3.05) is 5.32 Å². The first-order chi connectivity index (χ1) is 14.1. The lowest BCUT2D eigenvalue weighted by Gasteiger charge is -2.23. The fourth-order valence-corrected chi connectivity index (χ4v) is 2.94. The van der Waals surface area contributed by atoms with Crippen LogP contribution in [0.3, 0.4) is 0 Å². The van der Waals surface area contributed by atoms with E-state index in [0.717, 1.165) is 17.4 Å². The molecule has 0 amide bonds. The summed E-state index contributed by atoms with van der Waals surface area (Å²) in [4.78, 5) is 28.0. The highest BCUT2D eigenvalue weighted by Gasteiger charge is 2.23. The smallest absolute Gasteiger partial charge is 0.343 e. The van der Waals surface area contributed by atoms with Crippen molar-refractivity contribution in [2.45, 2.75) is 13.0 Å². The van der Waals surface area contributed by atoms with Crippen LogP contribution in [0.1, 0.15) is 27.6 Å². The largest absolute Gasteiger partial charge is 0.449 e. The second-order valence-electron chi connectivity index (χ2n) is 6.56. The van der Waals surface area contributed by atoms with Crippen LogP contribution < -0.4 is 10.1 Å². The van der Waals surface area contributed by atoms with Crippen LogP contribution in [0.4, 0.5) is 11.4 Å². The molecule has 1 N–H and O–H groups in total. The van der Waals surface area contributed by atoms with E-state index in [-0.39, 0.29) is 6.02 Å². The number of carbonyl (C=O) groups is 2. The number of aliphatic imine (C=N–C) groups is 1. The predicted molar refractivity (Wildman–Crippen MR) is 110 cm³/mol. The van der Waals surface area contributed by atoms with E-state index in [4.69, 9.17) is 9.47 Å². The number of nitrogens with one attached hydrogen (secondary N) is 1. The summed E-state index contributed by atoms with van der Waals surface area (Å²) in [6, 6.07) is 21.5. The minimum absolute atomic E-state index is 0.231. The number of aldehydes is 1. The number of benzene rings is 3. The summed E-state index contributed by atoms with van der Waals surface area (Å²) in [5.74, 6) is -0.00487. The third-order valence-electron chi connectivity index (χ3n) is 4.40. The van der Waals surface area contributed by atoms with Gasteiger partial charge in [0, 0.05) is 11.3 Å². The van der Waals surface area contributed by atoms with Crippen molar-refractivity contribution in [3.63, 3.8) is 0 Å². The topological polar surface area (TPSA) is 77.0 Å².